The van der Waals surface area contributed by atoms with Gasteiger partial charge in [0.05, 0.1) is 13.0 Å². The van der Waals surface area contributed by atoms with E-state index in [2.05, 4.69) is 0 Å². The number of benzene rings is 1. The van der Waals surface area contributed by atoms with Crippen molar-refractivity contribution >= 4 is 11.8 Å². The molecule has 0 amide bonds. The van der Waals surface area contributed by atoms with E-state index in [0.717, 1.165) is 0 Å². The Morgan fingerprint density at radius 2 is 1.90 bits per heavy atom. The third-order valence-electron chi connectivity index (χ3n) is 3.46. The van der Waals surface area contributed by atoms with Gasteiger partial charge in [0, 0.05) is 5.92 Å². The molecule has 1 aromatic carbocycles. The quantitative estimate of drug-likeness (QED) is 0.518. The molecule has 0 aromatic heterocycles. The summed E-state index contributed by atoms with van der Waals surface area (Å²) in [6.45, 7) is -0.780. The first-order chi connectivity index (χ1) is 9.93. The van der Waals surface area contributed by atoms with Crippen LogP contribution in [0.5, 0.6) is 5.75 Å². The van der Waals surface area contributed by atoms with E-state index < -0.39 is 42.6 Å². The monoisotopic (exact) mass is 296 g/mol. The van der Waals surface area contributed by atoms with E-state index in [4.69, 9.17) is 9.84 Å². The van der Waals surface area contributed by atoms with Crippen LogP contribution >= 0.6 is 0 Å². The van der Waals surface area contributed by atoms with E-state index in [-0.39, 0.29) is 12.2 Å². The van der Waals surface area contributed by atoms with Gasteiger partial charge < -0.3 is 25.2 Å². The molecule has 1 heterocycles. The smallest absolute Gasteiger partial charge is 0.307 e. The molecule has 2 rings (SSSR count). The van der Waals surface area contributed by atoms with Crippen LogP contribution in [-0.4, -0.2) is 57.1 Å². The third kappa shape index (κ3) is 3.21. The molecule has 4 N–H and O–H groups in total. The highest BCUT2D eigenvalue weighted by Crippen LogP contribution is 2.34. The van der Waals surface area contributed by atoms with Gasteiger partial charge in [0.15, 0.2) is 6.10 Å². The van der Waals surface area contributed by atoms with E-state index in [1.54, 1.807) is 12.1 Å². The number of rotatable bonds is 5. The predicted molar refractivity (Wildman–Crippen MR) is 69.5 cm³/mol. The summed E-state index contributed by atoms with van der Waals surface area (Å²) in [5, 5.41) is 37.0. The molecule has 7 nitrogen and oxygen atoms in total. The number of hydrogen-bond acceptors (Lipinski definition) is 7. The zero-order chi connectivity index (χ0) is 15.6. The van der Waals surface area contributed by atoms with Crippen molar-refractivity contribution in [1.29, 1.82) is 0 Å². The molecule has 1 aliphatic heterocycles. The zero-order valence-electron chi connectivity index (χ0n) is 11.0. The average Bonchev–Trinajstić information content (AvgIpc) is 2.87. The SMILES string of the molecule is O=C1CC(c2ccc(O)cc2)C(C(=O)C(O)C(O)CO)O1. The van der Waals surface area contributed by atoms with Crippen molar-refractivity contribution in [3.63, 3.8) is 0 Å². The van der Waals surface area contributed by atoms with Crippen molar-refractivity contribution in [1.82, 2.24) is 0 Å². The van der Waals surface area contributed by atoms with Gasteiger partial charge in [-0.05, 0) is 17.7 Å². The third-order valence-corrected chi connectivity index (χ3v) is 3.46. The average molecular weight is 296 g/mol. The normalized spacial score (nSPS) is 24.4. The van der Waals surface area contributed by atoms with Gasteiger partial charge in [-0.1, -0.05) is 12.1 Å². The first-order valence-electron chi connectivity index (χ1n) is 6.43. The first-order valence-corrected chi connectivity index (χ1v) is 6.43. The van der Waals surface area contributed by atoms with E-state index in [0.29, 0.717) is 5.56 Å². The summed E-state index contributed by atoms with van der Waals surface area (Å²) >= 11 is 0. The lowest BCUT2D eigenvalue weighted by molar-refractivity contribution is -0.154. The molecule has 4 atom stereocenters. The van der Waals surface area contributed by atoms with Gasteiger partial charge in [-0.15, -0.1) is 0 Å². The van der Waals surface area contributed by atoms with Gasteiger partial charge in [0.25, 0.3) is 0 Å². The summed E-state index contributed by atoms with van der Waals surface area (Å²) in [6, 6.07) is 5.94. The van der Waals surface area contributed by atoms with Crippen LogP contribution in [0.2, 0.25) is 0 Å². The minimum absolute atomic E-state index is 0.0386. The summed E-state index contributed by atoms with van der Waals surface area (Å²) in [7, 11) is 0. The van der Waals surface area contributed by atoms with E-state index in [9.17, 15) is 24.9 Å². The van der Waals surface area contributed by atoms with Crippen molar-refractivity contribution in [3.8, 4) is 5.75 Å². The molecule has 0 spiro atoms. The van der Waals surface area contributed by atoms with Crippen LogP contribution in [0.15, 0.2) is 24.3 Å². The molecule has 1 aliphatic rings. The van der Waals surface area contributed by atoms with Gasteiger partial charge in [-0.25, -0.2) is 0 Å². The minimum atomic E-state index is -1.83. The first kappa shape index (κ1) is 15.4. The zero-order valence-corrected chi connectivity index (χ0v) is 11.0. The maximum Gasteiger partial charge on any atom is 0.307 e. The van der Waals surface area contributed by atoms with Crippen molar-refractivity contribution in [2.45, 2.75) is 30.7 Å². The Balaban J connectivity index is 2.22. The summed E-state index contributed by atoms with van der Waals surface area (Å²) in [5.74, 6) is -2.01. The largest absolute Gasteiger partial charge is 0.508 e. The van der Waals surface area contributed by atoms with Gasteiger partial charge in [-0.3, -0.25) is 9.59 Å². The van der Waals surface area contributed by atoms with Crippen LogP contribution in [0.25, 0.3) is 0 Å². The number of aromatic hydroxyl groups is 1. The number of phenols is 1. The number of aliphatic hydroxyl groups excluding tert-OH is 3. The molecule has 4 unspecified atom stereocenters. The molecular weight excluding hydrogens is 280 g/mol. The lowest BCUT2D eigenvalue weighted by Crippen LogP contribution is -2.43. The van der Waals surface area contributed by atoms with Crippen LogP contribution in [-0.2, 0) is 14.3 Å². The highest BCUT2D eigenvalue weighted by Gasteiger charge is 2.44. The number of carbonyl (C=O) groups excluding carboxylic acids is 2. The number of ketones is 1. The Morgan fingerprint density at radius 3 is 2.48 bits per heavy atom. The maximum atomic E-state index is 12.1. The van der Waals surface area contributed by atoms with Crippen LogP contribution < -0.4 is 0 Å². The Bertz CT molecular complexity index is 525. The molecular formula is C14H16O7. The molecule has 1 fully saturated rings. The van der Waals surface area contributed by atoms with Crippen LogP contribution in [0.4, 0.5) is 0 Å². The van der Waals surface area contributed by atoms with Gasteiger partial charge in [0.1, 0.15) is 18.0 Å². The number of ether oxygens (including phenoxy) is 1. The van der Waals surface area contributed by atoms with Crippen LogP contribution in [0.1, 0.15) is 17.9 Å². The number of phenolic OH excluding ortho intramolecular Hbond substituents is 1. The summed E-state index contributed by atoms with van der Waals surface area (Å²) < 4.78 is 4.93. The molecule has 1 aromatic rings. The summed E-state index contributed by atoms with van der Waals surface area (Å²) in [4.78, 5) is 23.5. The second kappa shape index (κ2) is 6.21. The maximum absolute atomic E-state index is 12.1. The number of esters is 1. The number of cyclic esters (lactones) is 1. The predicted octanol–water partition coefficient (Wildman–Crippen LogP) is -0.925. The Labute approximate surface area is 120 Å². The molecule has 0 aliphatic carbocycles. The highest BCUT2D eigenvalue weighted by atomic mass is 16.6. The van der Waals surface area contributed by atoms with E-state index in [1.165, 1.54) is 12.1 Å². The number of carbonyl (C=O) groups is 2. The topological polar surface area (TPSA) is 124 Å². The van der Waals surface area contributed by atoms with Gasteiger partial charge >= 0.3 is 5.97 Å². The number of aliphatic hydroxyl groups is 3. The molecule has 114 valence electrons. The lowest BCUT2D eigenvalue weighted by Gasteiger charge is -2.21. The molecule has 7 heteroatoms. The second-order valence-electron chi connectivity index (χ2n) is 4.91. The summed E-state index contributed by atoms with van der Waals surface area (Å²) in [6.07, 6.45) is -4.72. The van der Waals surface area contributed by atoms with Gasteiger partial charge in [-0.2, -0.15) is 0 Å². The Morgan fingerprint density at radius 1 is 1.29 bits per heavy atom. The lowest BCUT2D eigenvalue weighted by atomic mass is 9.88. The summed E-state index contributed by atoms with van der Waals surface area (Å²) in [5.41, 5.74) is 0.600. The fourth-order valence-electron chi connectivity index (χ4n) is 2.29. The molecule has 0 radical (unpaired) electrons. The molecule has 21 heavy (non-hydrogen) atoms. The fourth-order valence-corrected chi connectivity index (χ4v) is 2.29. The van der Waals surface area contributed by atoms with Crippen molar-refractivity contribution in [3.05, 3.63) is 29.8 Å². The van der Waals surface area contributed by atoms with Crippen molar-refractivity contribution in [2.75, 3.05) is 6.61 Å². The van der Waals surface area contributed by atoms with Gasteiger partial charge in [0.2, 0.25) is 5.78 Å². The Kier molecular flexibility index (Phi) is 4.56. The second-order valence-corrected chi connectivity index (χ2v) is 4.91. The molecule has 1 saturated heterocycles. The Hall–Kier alpha value is -1.96. The van der Waals surface area contributed by atoms with Crippen molar-refractivity contribution < 1.29 is 34.8 Å². The molecule has 0 bridgehead atoms. The standard InChI is InChI=1S/C14H16O7/c15-6-10(17)12(19)13(20)14-9(5-11(18)21-14)7-1-3-8(16)4-2-7/h1-4,9-10,12,14-17,19H,5-6H2. The van der Waals surface area contributed by atoms with E-state index in [1.807, 2.05) is 0 Å². The molecule has 0 saturated carbocycles. The highest BCUT2D eigenvalue weighted by molar-refractivity contribution is 5.93. The van der Waals surface area contributed by atoms with Crippen molar-refractivity contribution in [2.24, 2.45) is 0 Å². The number of hydrogen-bond donors (Lipinski definition) is 4. The number of Topliss-reactive ketones (excluding diaryl/α,β-unsaturated/α-hetero) is 1. The van der Waals surface area contributed by atoms with E-state index >= 15 is 0 Å². The minimum Gasteiger partial charge on any atom is -0.508 e. The van der Waals surface area contributed by atoms with Crippen LogP contribution in [0.3, 0.4) is 0 Å². The van der Waals surface area contributed by atoms with Crippen LogP contribution in [0, 0.1) is 0 Å². The fraction of sp³-hybridized carbons (Fsp3) is 0.429.